The maximum Gasteiger partial charge on any atom is 0.129 e. The third-order valence-electron chi connectivity index (χ3n) is 3.30. The van der Waals surface area contributed by atoms with E-state index in [0.717, 1.165) is 21.7 Å². The molecule has 3 aromatic rings. The highest BCUT2D eigenvalue weighted by molar-refractivity contribution is 7.13. The molecule has 1 aromatic carbocycles. The van der Waals surface area contributed by atoms with Gasteiger partial charge in [-0.15, -0.1) is 11.3 Å². The van der Waals surface area contributed by atoms with Crippen LogP contribution in [0.5, 0.6) is 0 Å². The molecule has 0 unspecified atom stereocenters. The third-order valence-corrected chi connectivity index (χ3v) is 4.58. The van der Waals surface area contributed by atoms with Gasteiger partial charge in [0.2, 0.25) is 0 Å². The Hall–Kier alpha value is -1.78. The summed E-state index contributed by atoms with van der Waals surface area (Å²) in [7, 11) is 1.86. The molecule has 3 nitrogen and oxygen atoms in total. The Bertz CT molecular complexity index is 756. The van der Waals surface area contributed by atoms with Gasteiger partial charge in [-0.05, 0) is 41.6 Å². The maximum atomic E-state index is 6.20. The normalized spacial score (nSPS) is 10.9. The van der Waals surface area contributed by atoms with Crippen molar-refractivity contribution in [3.63, 3.8) is 0 Å². The number of hydrogen-bond acceptors (Lipinski definition) is 3. The Balaban J connectivity index is 2.25. The van der Waals surface area contributed by atoms with Crippen molar-refractivity contribution in [2.45, 2.75) is 6.92 Å². The maximum absolute atomic E-state index is 6.20. The number of nitrogen functional groups attached to an aromatic ring is 1. The van der Waals surface area contributed by atoms with E-state index in [1.807, 2.05) is 31.3 Å². The van der Waals surface area contributed by atoms with Gasteiger partial charge in [0, 0.05) is 12.1 Å². The highest BCUT2D eigenvalue weighted by Crippen LogP contribution is 2.39. The van der Waals surface area contributed by atoms with Crippen molar-refractivity contribution in [1.82, 2.24) is 9.78 Å². The average molecular weight is 304 g/mol. The van der Waals surface area contributed by atoms with Crippen LogP contribution in [0, 0.1) is 6.92 Å². The number of nitrogens with two attached hydrogens (primary N) is 1. The monoisotopic (exact) mass is 303 g/mol. The van der Waals surface area contributed by atoms with Gasteiger partial charge in [0.1, 0.15) is 11.5 Å². The molecule has 0 spiro atoms. The Morgan fingerprint density at radius 1 is 1.20 bits per heavy atom. The van der Waals surface area contributed by atoms with Gasteiger partial charge in [0.05, 0.1) is 10.4 Å². The van der Waals surface area contributed by atoms with Gasteiger partial charge in [-0.3, -0.25) is 4.68 Å². The molecule has 0 bridgehead atoms. The molecule has 0 aliphatic rings. The van der Waals surface area contributed by atoms with E-state index in [1.165, 1.54) is 5.56 Å². The molecular formula is C15H14ClN3S. The van der Waals surface area contributed by atoms with E-state index in [4.69, 9.17) is 17.3 Å². The van der Waals surface area contributed by atoms with Gasteiger partial charge in [0.25, 0.3) is 0 Å². The van der Waals surface area contributed by atoms with Crippen LogP contribution in [0.1, 0.15) is 5.56 Å². The fraction of sp³-hybridized carbons (Fsp3) is 0.133. The summed E-state index contributed by atoms with van der Waals surface area (Å²) in [6.45, 7) is 2.09. The number of thiophene rings is 1. The molecule has 0 aliphatic heterocycles. The molecule has 2 heterocycles. The number of hydrogen-bond donors (Lipinski definition) is 1. The molecule has 2 aromatic heterocycles. The molecule has 2 N–H and O–H groups in total. The SMILES string of the molecule is Cc1ccsc1-c1nn(C)c(N)c1-c1ccc(Cl)cc1. The minimum absolute atomic E-state index is 0.662. The standard InChI is InChI=1S/C15H14ClN3S/c1-9-7-8-20-14(9)13-12(15(17)19(2)18-13)10-3-5-11(16)6-4-10/h3-8H,17H2,1-2H3. The van der Waals surface area contributed by atoms with Crippen LogP contribution in [0.2, 0.25) is 5.02 Å². The molecule has 0 radical (unpaired) electrons. The lowest BCUT2D eigenvalue weighted by atomic mass is 10.0. The summed E-state index contributed by atoms with van der Waals surface area (Å²) < 4.78 is 1.72. The second kappa shape index (κ2) is 4.96. The van der Waals surface area contributed by atoms with Crippen molar-refractivity contribution in [2.75, 3.05) is 5.73 Å². The van der Waals surface area contributed by atoms with Crippen molar-refractivity contribution in [3.8, 4) is 21.7 Å². The molecule has 0 fully saturated rings. The molecule has 0 atom stereocenters. The highest BCUT2D eigenvalue weighted by atomic mass is 35.5. The average Bonchev–Trinajstić information content (AvgIpc) is 2.96. The third kappa shape index (κ3) is 2.11. The number of benzene rings is 1. The van der Waals surface area contributed by atoms with E-state index in [-0.39, 0.29) is 0 Å². The lowest BCUT2D eigenvalue weighted by molar-refractivity contribution is 0.783. The molecule has 0 saturated carbocycles. The highest BCUT2D eigenvalue weighted by Gasteiger charge is 2.19. The predicted octanol–water partition coefficient (Wildman–Crippen LogP) is 4.36. The van der Waals surface area contributed by atoms with Crippen LogP contribution in [-0.2, 0) is 7.05 Å². The first-order valence-corrected chi connectivity index (χ1v) is 7.46. The number of halogens is 1. The Morgan fingerprint density at radius 2 is 1.90 bits per heavy atom. The van der Waals surface area contributed by atoms with Crippen molar-refractivity contribution < 1.29 is 0 Å². The summed E-state index contributed by atoms with van der Waals surface area (Å²) in [6, 6.07) is 9.78. The first kappa shape index (κ1) is 13.2. The minimum atomic E-state index is 0.662. The zero-order valence-corrected chi connectivity index (χ0v) is 12.8. The Kier molecular flexibility index (Phi) is 3.28. The second-order valence-corrected chi connectivity index (χ2v) is 6.02. The van der Waals surface area contributed by atoms with Gasteiger partial charge in [0.15, 0.2) is 0 Å². The van der Waals surface area contributed by atoms with Crippen LogP contribution in [0.3, 0.4) is 0 Å². The smallest absolute Gasteiger partial charge is 0.129 e. The van der Waals surface area contributed by atoms with E-state index in [1.54, 1.807) is 16.0 Å². The largest absolute Gasteiger partial charge is 0.383 e. The fourth-order valence-electron chi connectivity index (χ4n) is 2.21. The van der Waals surface area contributed by atoms with Crippen molar-refractivity contribution >= 4 is 28.8 Å². The quantitative estimate of drug-likeness (QED) is 0.764. The zero-order valence-electron chi connectivity index (χ0n) is 11.2. The van der Waals surface area contributed by atoms with Crippen LogP contribution >= 0.6 is 22.9 Å². The van der Waals surface area contributed by atoms with Gasteiger partial charge in [-0.1, -0.05) is 23.7 Å². The molecule has 5 heteroatoms. The summed E-state index contributed by atoms with van der Waals surface area (Å²) in [4.78, 5) is 1.15. The zero-order chi connectivity index (χ0) is 14.3. The summed E-state index contributed by atoms with van der Waals surface area (Å²) in [5.74, 6) is 0.662. The van der Waals surface area contributed by atoms with E-state index >= 15 is 0 Å². The molecule has 0 amide bonds. The van der Waals surface area contributed by atoms with Crippen LogP contribution in [0.25, 0.3) is 21.7 Å². The van der Waals surface area contributed by atoms with E-state index in [0.29, 0.717) is 10.8 Å². The van der Waals surface area contributed by atoms with Crippen molar-refractivity contribution in [1.29, 1.82) is 0 Å². The summed E-state index contributed by atoms with van der Waals surface area (Å²) in [5.41, 5.74) is 10.3. The van der Waals surface area contributed by atoms with Crippen molar-refractivity contribution in [2.24, 2.45) is 7.05 Å². The molecule has 0 saturated heterocycles. The summed E-state index contributed by atoms with van der Waals surface area (Å²) in [5, 5.41) is 7.37. The first-order valence-electron chi connectivity index (χ1n) is 6.21. The van der Waals surface area contributed by atoms with E-state index < -0.39 is 0 Å². The lowest BCUT2D eigenvalue weighted by Crippen LogP contribution is -1.97. The molecule has 3 rings (SSSR count). The molecule has 0 aliphatic carbocycles. The van der Waals surface area contributed by atoms with Gasteiger partial charge in [-0.25, -0.2) is 0 Å². The lowest BCUT2D eigenvalue weighted by Gasteiger charge is -2.04. The number of aromatic nitrogens is 2. The predicted molar refractivity (Wildman–Crippen MR) is 86.1 cm³/mol. The Morgan fingerprint density at radius 3 is 2.50 bits per heavy atom. The van der Waals surface area contributed by atoms with E-state index in [9.17, 15) is 0 Å². The second-order valence-electron chi connectivity index (χ2n) is 4.67. The molecule has 102 valence electrons. The van der Waals surface area contributed by atoms with Crippen LogP contribution < -0.4 is 5.73 Å². The van der Waals surface area contributed by atoms with Gasteiger partial charge >= 0.3 is 0 Å². The summed E-state index contributed by atoms with van der Waals surface area (Å²) in [6.07, 6.45) is 0. The van der Waals surface area contributed by atoms with E-state index in [2.05, 4.69) is 23.5 Å². The first-order chi connectivity index (χ1) is 9.58. The topological polar surface area (TPSA) is 43.8 Å². The molecule has 20 heavy (non-hydrogen) atoms. The number of nitrogens with zero attached hydrogens (tertiary/aromatic N) is 2. The minimum Gasteiger partial charge on any atom is -0.383 e. The fourth-order valence-corrected chi connectivity index (χ4v) is 3.26. The van der Waals surface area contributed by atoms with Gasteiger partial charge in [-0.2, -0.15) is 5.10 Å². The number of rotatable bonds is 2. The van der Waals surface area contributed by atoms with Crippen LogP contribution in [0.15, 0.2) is 35.7 Å². The van der Waals surface area contributed by atoms with Crippen molar-refractivity contribution in [3.05, 3.63) is 46.3 Å². The Labute approximate surface area is 126 Å². The summed E-state index contributed by atoms with van der Waals surface area (Å²) >= 11 is 7.64. The van der Waals surface area contributed by atoms with Crippen LogP contribution in [0.4, 0.5) is 5.82 Å². The number of aryl methyl sites for hydroxylation is 2. The number of anilines is 1. The molecular weight excluding hydrogens is 290 g/mol. The van der Waals surface area contributed by atoms with Crippen LogP contribution in [-0.4, -0.2) is 9.78 Å². The van der Waals surface area contributed by atoms with Gasteiger partial charge < -0.3 is 5.73 Å².